The van der Waals surface area contributed by atoms with Crippen molar-refractivity contribution < 1.29 is 0 Å². The molecule has 0 bridgehead atoms. The molecule has 3 heteroatoms. The van der Waals surface area contributed by atoms with E-state index in [2.05, 4.69) is 52.5 Å². The standard InChI is InChI=1S/C11H11BrS2/c1-2-8-5-6-10(14-8)11(12)9-4-3-7-13-9/h3-7,11H,2H2,1H3. The molecular weight excluding hydrogens is 276 g/mol. The van der Waals surface area contributed by atoms with Crippen molar-refractivity contribution in [1.29, 1.82) is 0 Å². The summed E-state index contributed by atoms with van der Waals surface area (Å²) in [6, 6.07) is 8.72. The van der Waals surface area contributed by atoms with Crippen LogP contribution in [0.5, 0.6) is 0 Å². The number of aryl methyl sites for hydroxylation is 1. The zero-order valence-corrected chi connectivity index (χ0v) is 11.1. The number of alkyl halides is 1. The summed E-state index contributed by atoms with van der Waals surface area (Å²) in [5.41, 5.74) is 0. The Labute approximate surface area is 101 Å². The van der Waals surface area contributed by atoms with Gasteiger partial charge in [-0.2, -0.15) is 0 Å². The molecule has 14 heavy (non-hydrogen) atoms. The molecule has 1 unspecified atom stereocenters. The second-order valence-electron chi connectivity index (χ2n) is 3.04. The van der Waals surface area contributed by atoms with Crippen LogP contribution in [0.1, 0.15) is 26.4 Å². The molecule has 2 aromatic rings. The van der Waals surface area contributed by atoms with Crippen LogP contribution in [-0.2, 0) is 6.42 Å². The van der Waals surface area contributed by atoms with Crippen LogP contribution in [0.2, 0.25) is 0 Å². The average Bonchev–Trinajstić information content (AvgIpc) is 2.88. The first-order valence-electron chi connectivity index (χ1n) is 4.57. The summed E-state index contributed by atoms with van der Waals surface area (Å²) in [5.74, 6) is 0. The number of hydrogen-bond acceptors (Lipinski definition) is 2. The molecule has 74 valence electrons. The van der Waals surface area contributed by atoms with Gasteiger partial charge in [0.15, 0.2) is 0 Å². The molecular formula is C11H11BrS2. The van der Waals surface area contributed by atoms with E-state index in [4.69, 9.17) is 0 Å². The maximum Gasteiger partial charge on any atom is 0.0831 e. The van der Waals surface area contributed by atoms with Crippen molar-refractivity contribution in [2.75, 3.05) is 0 Å². The Morgan fingerprint density at radius 2 is 2.14 bits per heavy atom. The zero-order valence-electron chi connectivity index (χ0n) is 7.87. The van der Waals surface area contributed by atoms with Crippen molar-refractivity contribution in [3.8, 4) is 0 Å². The van der Waals surface area contributed by atoms with Gasteiger partial charge in [0.2, 0.25) is 0 Å². The van der Waals surface area contributed by atoms with Crippen molar-refractivity contribution in [3.63, 3.8) is 0 Å². The smallest absolute Gasteiger partial charge is 0.0831 e. The minimum Gasteiger partial charge on any atom is -0.147 e. The molecule has 0 saturated heterocycles. The Morgan fingerprint density at radius 1 is 1.29 bits per heavy atom. The van der Waals surface area contributed by atoms with Crippen LogP contribution < -0.4 is 0 Å². The third-order valence-electron chi connectivity index (χ3n) is 2.07. The Balaban J connectivity index is 2.23. The van der Waals surface area contributed by atoms with Crippen molar-refractivity contribution in [3.05, 3.63) is 44.3 Å². The van der Waals surface area contributed by atoms with Crippen LogP contribution in [-0.4, -0.2) is 0 Å². The minimum absolute atomic E-state index is 0.382. The Bertz CT molecular complexity index is 389. The summed E-state index contributed by atoms with van der Waals surface area (Å²) in [7, 11) is 0. The van der Waals surface area contributed by atoms with E-state index in [1.807, 2.05) is 11.3 Å². The molecule has 0 aromatic carbocycles. The van der Waals surface area contributed by atoms with Gasteiger partial charge in [0.25, 0.3) is 0 Å². The van der Waals surface area contributed by atoms with Gasteiger partial charge in [0.05, 0.1) is 4.83 Å². The van der Waals surface area contributed by atoms with E-state index in [1.165, 1.54) is 14.6 Å². The number of thiophene rings is 2. The molecule has 0 aliphatic rings. The predicted octanol–water partition coefficient (Wildman–Crippen LogP) is 4.86. The van der Waals surface area contributed by atoms with Gasteiger partial charge in [-0.25, -0.2) is 0 Å². The molecule has 0 spiro atoms. The van der Waals surface area contributed by atoms with Crippen molar-refractivity contribution in [2.45, 2.75) is 18.2 Å². The second-order valence-corrected chi connectivity index (χ2v) is 6.13. The lowest BCUT2D eigenvalue weighted by molar-refractivity contribution is 1.19. The van der Waals surface area contributed by atoms with E-state index in [0.717, 1.165) is 6.42 Å². The topological polar surface area (TPSA) is 0 Å². The maximum atomic E-state index is 3.74. The summed E-state index contributed by atoms with van der Waals surface area (Å²) in [5, 5.41) is 2.12. The monoisotopic (exact) mass is 286 g/mol. The summed E-state index contributed by atoms with van der Waals surface area (Å²) < 4.78 is 0. The van der Waals surface area contributed by atoms with Gasteiger partial charge in [0, 0.05) is 14.6 Å². The second kappa shape index (κ2) is 4.60. The number of rotatable bonds is 3. The van der Waals surface area contributed by atoms with Crippen LogP contribution in [0.3, 0.4) is 0 Å². The minimum atomic E-state index is 0.382. The molecule has 0 fully saturated rings. The molecule has 2 heterocycles. The SMILES string of the molecule is CCc1ccc(C(Br)c2cccs2)s1. The molecule has 1 atom stereocenters. The summed E-state index contributed by atoms with van der Waals surface area (Å²) in [6.07, 6.45) is 1.13. The van der Waals surface area contributed by atoms with Gasteiger partial charge in [-0.1, -0.05) is 28.9 Å². The van der Waals surface area contributed by atoms with Crippen LogP contribution in [0, 0.1) is 0 Å². The fourth-order valence-corrected chi connectivity index (χ4v) is 3.95. The zero-order chi connectivity index (χ0) is 9.97. The Morgan fingerprint density at radius 3 is 2.71 bits per heavy atom. The average molecular weight is 287 g/mol. The fourth-order valence-electron chi connectivity index (χ4n) is 1.30. The Kier molecular flexibility index (Phi) is 3.42. The van der Waals surface area contributed by atoms with Gasteiger partial charge in [-0.05, 0) is 30.0 Å². The molecule has 0 amide bonds. The van der Waals surface area contributed by atoms with E-state index in [0.29, 0.717) is 4.83 Å². The number of hydrogen-bond donors (Lipinski definition) is 0. The van der Waals surface area contributed by atoms with Gasteiger partial charge in [0.1, 0.15) is 0 Å². The van der Waals surface area contributed by atoms with Crippen molar-refractivity contribution >= 4 is 38.6 Å². The van der Waals surface area contributed by atoms with Crippen molar-refractivity contribution in [2.24, 2.45) is 0 Å². The first kappa shape index (κ1) is 10.4. The molecule has 0 N–H and O–H groups in total. The van der Waals surface area contributed by atoms with E-state index in [1.54, 1.807) is 11.3 Å². The van der Waals surface area contributed by atoms with Crippen LogP contribution in [0.4, 0.5) is 0 Å². The van der Waals surface area contributed by atoms with E-state index in [9.17, 15) is 0 Å². The summed E-state index contributed by atoms with van der Waals surface area (Å²) >= 11 is 7.44. The lowest BCUT2D eigenvalue weighted by Crippen LogP contribution is -1.83. The van der Waals surface area contributed by atoms with E-state index in [-0.39, 0.29) is 0 Å². The molecule has 0 nitrogen and oxygen atoms in total. The molecule has 0 radical (unpaired) electrons. The summed E-state index contributed by atoms with van der Waals surface area (Å²) in [6.45, 7) is 2.20. The largest absolute Gasteiger partial charge is 0.147 e. The highest BCUT2D eigenvalue weighted by Gasteiger charge is 2.12. The molecule has 2 aromatic heterocycles. The molecule has 0 saturated carbocycles. The first-order chi connectivity index (χ1) is 6.81. The van der Waals surface area contributed by atoms with E-state index < -0.39 is 0 Å². The lowest BCUT2D eigenvalue weighted by Gasteiger charge is -2.03. The van der Waals surface area contributed by atoms with Crippen LogP contribution >= 0.6 is 38.6 Å². The fraction of sp³-hybridized carbons (Fsp3) is 0.273. The predicted molar refractivity (Wildman–Crippen MR) is 68.8 cm³/mol. The normalized spacial score (nSPS) is 13.0. The highest BCUT2D eigenvalue weighted by atomic mass is 79.9. The van der Waals surface area contributed by atoms with Crippen molar-refractivity contribution in [1.82, 2.24) is 0 Å². The first-order valence-corrected chi connectivity index (χ1v) is 7.18. The van der Waals surface area contributed by atoms with Crippen LogP contribution in [0.25, 0.3) is 0 Å². The third kappa shape index (κ3) is 2.10. The Hall–Kier alpha value is -0.120. The quantitative estimate of drug-likeness (QED) is 0.707. The van der Waals surface area contributed by atoms with Gasteiger partial charge in [-0.15, -0.1) is 22.7 Å². The molecule has 0 aliphatic heterocycles. The van der Waals surface area contributed by atoms with E-state index >= 15 is 0 Å². The van der Waals surface area contributed by atoms with Crippen LogP contribution in [0.15, 0.2) is 29.6 Å². The lowest BCUT2D eigenvalue weighted by atomic mass is 10.3. The molecule has 0 aliphatic carbocycles. The number of halogens is 1. The van der Waals surface area contributed by atoms with Gasteiger partial charge >= 0.3 is 0 Å². The highest BCUT2D eigenvalue weighted by molar-refractivity contribution is 9.09. The van der Waals surface area contributed by atoms with Gasteiger partial charge < -0.3 is 0 Å². The maximum absolute atomic E-state index is 3.74. The highest BCUT2D eigenvalue weighted by Crippen LogP contribution is 2.37. The third-order valence-corrected chi connectivity index (χ3v) is 5.90. The molecule has 2 rings (SSSR count). The summed E-state index contributed by atoms with van der Waals surface area (Å²) in [4.78, 5) is 4.63. The van der Waals surface area contributed by atoms with Gasteiger partial charge in [-0.3, -0.25) is 0 Å².